The Morgan fingerprint density at radius 2 is 2.13 bits per heavy atom. The average Bonchev–Trinajstić information content (AvgIpc) is 2.66. The zero-order valence-electron chi connectivity index (χ0n) is 17.2. The summed E-state index contributed by atoms with van der Waals surface area (Å²) in [5.41, 5.74) is 5.78. The van der Waals surface area contributed by atoms with E-state index < -0.39 is 30.4 Å². The first-order chi connectivity index (χ1) is 14.8. The zero-order chi connectivity index (χ0) is 22.5. The standard InChI is InChI=1S/C20H26F2N4O5/c1-2-25(13-4-3-5-13)17(18(23)28)19(29)24-12-6-7-14(15(10-12)31-20(21)22)26-8-9-30-11-16(26)27/h6-7,10,13,17,20H,2-5,8-9,11H2,1H3,(H2,23,28)(H,24,29)/t17-/m0/s1. The van der Waals surface area contributed by atoms with Crippen molar-refractivity contribution in [1.29, 1.82) is 0 Å². The number of carbonyl (C=O) groups is 3. The fourth-order valence-corrected chi connectivity index (χ4v) is 3.80. The highest BCUT2D eigenvalue weighted by Crippen LogP contribution is 2.34. The van der Waals surface area contributed by atoms with E-state index in [1.807, 2.05) is 6.92 Å². The molecule has 2 fully saturated rings. The quantitative estimate of drug-likeness (QED) is 0.560. The molecule has 3 N–H and O–H groups in total. The lowest BCUT2D eigenvalue weighted by molar-refractivity contribution is -0.134. The van der Waals surface area contributed by atoms with Gasteiger partial charge in [0.25, 0.3) is 11.8 Å². The third-order valence-electron chi connectivity index (χ3n) is 5.48. The SMILES string of the molecule is CCN(C1CCC1)[C@@H](C(N)=O)C(=O)Nc1ccc(N2CCOCC2=O)c(OC(F)F)c1. The van der Waals surface area contributed by atoms with Gasteiger partial charge in [0.1, 0.15) is 6.61 Å². The summed E-state index contributed by atoms with van der Waals surface area (Å²) in [7, 11) is 0. The summed E-state index contributed by atoms with van der Waals surface area (Å²) in [5, 5.41) is 2.56. The highest BCUT2D eigenvalue weighted by Gasteiger charge is 2.37. The molecule has 0 bridgehead atoms. The van der Waals surface area contributed by atoms with Crippen molar-refractivity contribution in [2.24, 2.45) is 5.73 Å². The van der Waals surface area contributed by atoms with Gasteiger partial charge in [-0.15, -0.1) is 0 Å². The molecule has 0 aromatic heterocycles. The van der Waals surface area contributed by atoms with Crippen LogP contribution in [0.25, 0.3) is 0 Å². The maximum atomic E-state index is 13.0. The third kappa shape index (κ3) is 5.28. The second-order valence-electron chi connectivity index (χ2n) is 7.37. The second kappa shape index (κ2) is 10.0. The smallest absolute Gasteiger partial charge is 0.387 e. The van der Waals surface area contributed by atoms with Crippen LogP contribution in [0.2, 0.25) is 0 Å². The van der Waals surface area contributed by atoms with Crippen LogP contribution in [0.15, 0.2) is 18.2 Å². The molecular weight excluding hydrogens is 414 g/mol. The van der Waals surface area contributed by atoms with E-state index in [2.05, 4.69) is 10.1 Å². The first-order valence-electron chi connectivity index (χ1n) is 10.1. The number of nitrogens with zero attached hydrogens (tertiary/aromatic N) is 2. The van der Waals surface area contributed by atoms with Crippen LogP contribution in [-0.2, 0) is 19.1 Å². The van der Waals surface area contributed by atoms with E-state index in [4.69, 9.17) is 10.5 Å². The second-order valence-corrected chi connectivity index (χ2v) is 7.37. The van der Waals surface area contributed by atoms with Gasteiger partial charge in [0, 0.05) is 24.3 Å². The summed E-state index contributed by atoms with van der Waals surface area (Å²) in [6.45, 7) is -0.560. The molecule has 0 radical (unpaired) electrons. The molecule has 2 aliphatic rings. The summed E-state index contributed by atoms with van der Waals surface area (Å²) < 4.78 is 35.6. The molecule has 1 aliphatic carbocycles. The van der Waals surface area contributed by atoms with Gasteiger partial charge in [0.05, 0.1) is 12.3 Å². The molecular formula is C20H26F2N4O5. The molecule has 31 heavy (non-hydrogen) atoms. The van der Waals surface area contributed by atoms with Crippen molar-refractivity contribution in [3.05, 3.63) is 18.2 Å². The van der Waals surface area contributed by atoms with Crippen molar-refractivity contribution < 1.29 is 32.6 Å². The van der Waals surface area contributed by atoms with Gasteiger partial charge < -0.3 is 25.4 Å². The number of nitrogens with two attached hydrogens (primary N) is 1. The number of rotatable bonds is 9. The Kier molecular flexibility index (Phi) is 7.39. The number of halogens is 2. The molecule has 1 atom stereocenters. The van der Waals surface area contributed by atoms with Crippen molar-refractivity contribution >= 4 is 29.1 Å². The zero-order valence-corrected chi connectivity index (χ0v) is 17.2. The van der Waals surface area contributed by atoms with Gasteiger partial charge in [0.15, 0.2) is 11.8 Å². The Bertz CT molecular complexity index is 834. The lowest BCUT2D eigenvalue weighted by Gasteiger charge is -2.40. The summed E-state index contributed by atoms with van der Waals surface area (Å²) in [4.78, 5) is 40.0. The van der Waals surface area contributed by atoms with Gasteiger partial charge in [-0.3, -0.25) is 19.3 Å². The number of hydrogen-bond acceptors (Lipinski definition) is 6. The van der Waals surface area contributed by atoms with Gasteiger partial charge in [0.2, 0.25) is 5.91 Å². The molecule has 1 saturated heterocycles. The van der Waals surface area contributed by atoms with Gasteiger partial charge in [-0.25, -0.2) is 0 Å². The lowest BCUT2D eigenvalue weighted by Crippen LogP contribution is -2.57. The van der Waals surface area contributed by atoms with Gasteiger partial charge in [-0.2, -0.15) is 8.78 Å². The van der Waals surface area contributed by atoms with Crippen molar-refractivity contribution in [1.82, 2.24) is 4.90 Å². The molecule has 0 spiro atoms. The van der Waals surface area contributed by atoms with E-state index in [1.165, 1.54) is 23.1 Å². The minimum absolute atomic E-state index is 0.0979. The Labute approximate surface area is 178 Å². The number of primary amides is 1. The molecule has 1 aliphatic heterocycles. The Morgan fingerprint density at radius 1 is 1.39 bits per heavy atom. The van der Waals surface area contributed by atoms with E-state index in [1.54, 1.807) is 4.90 Å². The normalized spacial score (nSPS) is 18.1. The lowest BCUT2D eigenvalue weighted by atomic mass is 9.90. The van der Waals surface area contributed by atoms with E-state index in [0.29, 0.717) is 6.54 Å². The summed E-state index contributed by atoms with van der Waals surface area (Å²) in [6, 6.07) is 2.96. The molecule has 11 heteroatoms. The van der Waals surface area contributed by atoms with Crippen molar-refractivity contribution in [3.63, 3.8) is 0 Å². The van der Waals surface area contributed by atoms with Crippen LogP contribution < -0.4 is 20.7 Å². The first-order valence-corrected chi connectivity index (χ1v) is 10.1. The molecule has 170 valence electrons. The molecule has 3 amide bonds. The van der Waals surface area contributed by atoms with Crippen molar-refractivity contribution in [3.8, 4) is 5.75 Å². The number of amides is 3. The molecule has 1 saturated carbocycles. The monoisotopic (exact) mass is 440 g/mol. The van der Waals surface area contributed by atoms with E-state index in [-0.39, 0.29) is 42.9 Å². The highest BCUT2D eigenvalue weighted by atomic mass is 19.3. The van der Waals surface area contributed by atoms with Gasteiger partial charge in [-0.05, 0) is 31.5 Å². The first kappa shape index (κ1) is 22.9. The number of hydrogen-bond donors (Lipinski definition) is 2. The molecule has 9 nitrogen and oxygen atoms in total. The van der Waals surface area contributed by atoms with E-state index >= 15 is 0 Å². The number of likely N-dealkylation sites (N-methyl/N-ethyl adjacent to an activating group) is 1. The average molecular weight is 440 g/mol. The number of nitrogens with one attached hydrogen (secondary N) is 1. The molecule has 1 aromatic rings. The number of morpholine rings is 1. The number of ether oxygens (including phenoxy) is 2. The Hall–Kier alpha value is -2.79. The number of anilines is 2. The maximum absolute atomic E-state index is 13.0. The van der Waals surface area contributed by atoms with Gasteiger partial charge in [-0.1, -0.05) is 13.3 Å². The molecule has 1 heterocycles. The van der Waals surface area contributed by atoms with Crippen LogP contribution in [0.5, 0.6) is 5.75 Å². The third-order valence-corrected chi connectivity index (χ3v) is 5.48. The minimum atomic E-state index is -3.13. The Balaban J connectivity index is 1.83. The van der Waals surface area contributed by atoms with Crippen molar-refractivity contribution in [2.45, 2.75) is 44.9 Å². The van der Waals surface area contributed by atoms with Crippen LogP contribution in [0.3, 0.4) is 0 Å². The van der Waals surface area contributed by atoms with Crippen LogP contribution >= 0.6 is 0 Å². The molecule has 3 rings (SSSR count). The number of alkyl halides is 2. The largest absolute Gasteiger partial charge is 0.433 e. The van der Waals surface area contributed by atoms with E-state index in [9.17, 15) is 23.2 Å². The van der Waals surface area contributed by atoms with E-state index in [0.717, 1.165) is 19.3 Å². The fraction of sp³-hybridized carbons (Fsp3) is 0.550. The van der Waals surface area contributed by atoms with Crippen LogP contribution in [0.4, 0.5) is 20.2 Å². The highest BCUT2D eigenvalue weighted by molar-refractivity contribution is 6.10. The summed E-state index contributed by atoms with van der Waals surface area (Å²) in [6.07, 6.45) is 2.77. The van der Waals surface area contributed by atoms with Crippen LogP contribution in [-0.4, -0.2) is 67.6 Å². The summed E-state index contributed by atoms with van der Waals surface area (Å²) in [5.74, 6) is -2.11. The maximum Gasteiger partial charge on any atom is 0.387 e. The fourth-order valence-electron chi connectivity index (χ4n) is 3.80. The minimum Gasteiger partial charge on any atom is -0.433 e. The van der Waals surface area contributed by atoms with Crippen LogP contribution in [0.1, 0.15) is 26.2 Å². The topological polar surface area (TPSA) is 114 Å². The number of carbonyl (C=O) groups excluding carboxylic acids is 3. The predicted octanol–water partition coefficient (Wildman–Crippen LogP) is 1.32. The summed E-state index contributed by atoms with van der Waals surface area (Å²) >= 11 is 0. The van der Waals surface area contributed by atoms with Gasteiger partial charge >= 0.3 is 6.61 Å². The Morgan fingerprint density at radius 3 is 2.68 bits per heavy atom. The van der Waals surface area contributed by atoms with Crippen molar-refractivity contribution in [2.75, 3.05) is 36.5 Å². The molecule has 0 unspecified atom stereocenters. The predicted molar refractivity (Wildman–Crippen MR) is 108 cm³/mol. The molecule has 1 aromatic carbocycles. The van der Waals surface area contributed by atoms with Crippen LogP contribution in [0, 0.1) is 0 Å². The number of benzene rings is 1.